The molecule has 2 saturated carbocycles. The maximum atomic E-state index is 13.5. The van der Waals surface area contributed by atoms with Crippen molar-refractivity contribution < 1.29 is 33.4 Å². The van der Waals surface area contributed by atoms with Crippen LogP contribution in [0.2, 0.25) is 10.0 Å². The van der Waals surface area contributed by atoms with E-state index in [0.717, 1.165) is 11.3 Å². The van der Waals surface area contributed by atoms with Gasteiger partial charge in [-0.3, -0.25) is 19.3 Å². The summed E-state index contributed by atoms with van der Waals surface area (Å²) in [6.45, 7) is 3.21. The SMILES string of the molecule is CC(C)CC(C(=O)OCC(=O)c1ccc(OC(=O)c2ccc(Cl)c(Cl)c2)cc1)N1C(=O)C2C3CC(C(Br)C3Br)C2C1=O. The fraction of sp³-hybridized carbons (Fsp3) is 0.433. The number of benzene rings is 2. The van der Waals surface area contributed by atoms with Crippen LogP contribution in [0.4, 0.5) is 0 Å². The van der Waals surface area contributed by atoms with Gasteiger partial charge in [-0.2, -0.15) is 0 Å². The summed E-state index contributed by atoms with van der Waals surface area (Å²) in [6, 6.07) is 9.01. The number of ketones is 1. The Hall–Kier alpha value is -2.27. The first-order valence-electron chi connectivity index (χ1n) is 13.5. The van der Waals surface area contributed by atoms with Crippen molar-refractivity contribution in [2.24, 2.45) is 29.6 Å². The molecular weight excluding hydrogens is 717 g/mol. The zero-order valence-corrected chi connectivity index (χ0v) is 27.3. The van der Waals surface area contributed by atoms with Crippen molar-refractivity contribution >= 4 is 84.6 Å². The molecule has 5 rings (SSSR count). The highest BCUT2D eigenvalue weighted by molar-refractivity contribution is 9.12. The van der Waals surface area contributed by atoms with E-state index in [-0.39, 0.29) is 67.5 Å². The smallest absolute Gasteiger partial charge is 0.343 e. The van der Waals surface area contributed by atoms with E-state index in [1.54, 1.807) is 0 Å². The first-order valence-corrected chi connectivity index (χ1v) is 16.1. The summed E-state index contributed by atoms with van der Waals surface area (Å²) in [7, 11) is 0. The number of imide groups is 1. The van der Waals surface area contributed by atoms with Crippen molar-refractivity contribution in [1.29, 1.82) is 0 Å². The lowest BCUT2D eigenvalue weighted by atomic mass is 9.81. The lowest BCUT2D eigenvalue weighted by Crippen LogP contribution is -2.48. The van der Waals surface area contributed by atoms with Gasteiger partial charge in [0.1, 0.15) is 11.8 Å². The minimum absolute atomic E-state index is 0.0111. The zero-order valence-electron chi connectivity index (χ0n) is 22.6. The molecule has 7 unspecified atom stereocenters. The number of Topliss-reactive ketones (excluding diaryl/α,β-unsaturated/α-hetero) is 1. The number of hydrogen-bond donors (Lipinski definition) is 0. The van der Waals surface area contributed by atoms with Crippen LogP contribution in [-0.4, -0.2) is 56.7 Å². The monoisotopic (exact) mass is 741 g/mol. The second-order valence-electron chi connectivity index (χ2n) is 11.3. The average molecular weight is 744 g/mol. The first kappa shape index (κ1) is 31.2. The third kappa shape index (κ3) is 5.79. The topological polar surface area (TPSA) is 107 Å². The molecule has 2 bridgehead atoms. The van der Waals surface area contributed by atoms with Gasteiger partial charge in [-0.25, -0.2) is 9.59 Å². The van der Waals surface area contributed by atoms with Gasteiger partial charge in [0.25, 0.3) is 0 Å². The van der Waals surface area contributed by atoms with Gasteiger partial charge in [-0.05, 0) is 73.1 Å². The summed E-state index contributed by atoms with van der Waals surface area (Å²) in [4.78, 5) is 66.8. The second-order valence-corrected chi connectivity index (χ2v) is 14.2. The van der Waals surface area contributed by atoms with Crippen LogP contribution < -0.4 is 4.74 Å². The molecule has 2 aromatic carbocycles. The maximum Gasteiger partial charge on any atom is 0.343 e. The fourth-order valence-corrected chi connectivity index (χ4v) is 8.42. The zero-order chi connectivity index (χ0) is 30.5. The predicted octanol–water partition coefficient (Wildman–Crippen LogP) is 6.13. The molecule has 2 aliphatic carbocycles. The third-order valence-electron chi connectivity index (χ3n) is 8.19. The van der Waals surface area contributed by atoms with E-state index >= 15 is 0 Å². The van der Waals surface area contributed by atoms with Crippen molar-refractivity contribution in [3.05, 3.63) is 63.6 Å². The van der Waals surface area contributed by atoms with Gasteiger partial charge in [0.2, 0.25) is 11.8 Å². The van der Waals surface area contributed by atoms with E-state index in [0.29, 0.717) is 5.02 Å². The van der Waals surface area contributed by atoms with E-state index in [1.165, 1.54) is 42.5 Å². The molecule has 0 spiro atoms. The molecule has 1 aliphatic heterocycles. The quantitative estimate of drug-likeness (QED) is 0.100. The minimum Gasteiger partial charge on any atom is -0.456 e. The third-order valence-corrected chi connectivity index (χ3v) is 12.1. The van der Waals surface area contributed by atoms with Gasteiger partial charge in [0.05, 0.1) is 27.4 Å². The van der Waals surface area contributed by atoms with Crippen LogP contribution in [0.15, 0.2) is 42.5 Å². The minimum atomic E-state index is -1.10. The molecule has 1 heterocycles. The number of amides is 2. The van der Waals surface area contributed by atoms with Crippen molar-refractivity contribution in [3.63, 3.8) is 0 Å². The molecule has 3 fully saturated rings. The Labute approximate surface area is 269 Å². The van der Waals surface area contributed by atoms with Crippen LogP contribution in [0.5, 0.6) is 5.75 Å². The number of halogens is 4. The van der Waals surface area contributed by atoms with E-state index < -0.39 is 42.2 Å². The molecule has 0 N–H and O–H groups in total. The lowest BCUT2D eigenvalue weighted by molar-refractivity contribution is -0.159. The number of nitrogens with zero attached hydrogens (tertiary/aromatic N) is 1. The van der Waals surface area contributed by atoms with Gasteiger partial charge in [-0.1, -0.05) is 68.9 Å². The van der Waals surface area contributed by atoms with Gasteiger partial charge in [0, 0.05) is 15.2 Å². The molecule has 0 radical (unpaired) electrons. The van der Waals surface area contributed by atoms with Gasteiger partial charge >= 0.3 is 11.9 Å². The summed E-state index contributed by atoms with van der Waals surface area (Å²) >= 11 is 19.2. The molecule has 2 amide bonds. The van der Waals surface area contributed by atoms with Crippen molar-refractivity contribution in [2.45, 2.75) is 42.4 Å². The van der Waals surface area contributed by atoms with E-state index in [1.807, 2.05) is 13.8 Å². The van der Waals surface area contributed by atoms with Crippen LogP contribution in [0.3, 0.4) is 0 Å². The highest BCUT2D eigenvalue weighted by atomic mass is 79.9. The van der Waals surface area contributed by atoms with Crippen LogP contribution in [-0.2, 0) is 19.1 Å². The highest BCUT2D eigenvalue weighted by Gasteiger charge is 2.67. The van der Waals surface area contributed by atoms with Gasteiger partial charge < -0.3 is 9.47 Å². The van der Waals surface area contributed by atoms with Crippen molar-refractivity contribution in [3.8, 4) is 5.75 Å². The molecule has 12 heteroatoms. The van der Waals surface area contributed by atoms with Gasteiger partial charge in [0.15, 0.2) is 12.4 Å². The number of likely N-dealkylation sites (tertiary alicyclic amines) is 1. The van der Waals surface area contributed by atoms with Crippen molar-refractivity contribution in [1.82, 2.24) is 4.90 Å². The lowest BCUT2D eigenvalue weighted by Gasteiger charge is -2.28. The Morgan fingerprint density at radius 3 is 2.02 bits per heavy atom. The Kier molecular flexibility index (Phi) is 9.19. The Bertz CT molecular complexity index is 1420. The fourth-order valence-electron chi connectivity index (χ4n) is 6.25. The number of carbonyl (C=O) groups excluding carboxylic acids is 5. The summed E-state index contributed by atoms with van der Waals surface area (Å²) < 4.78 is 10.7. The normalized spacial score (nSPS) is 26.9. The molecule has 2 aromatic rings. The van der Waals surface area contributed by atoms with Gasteiger partial charge in [-0.15, -0.1) is 0 Å². The number of hydrogen-bond acceptors (Lipinski definition) is 7. The Balaban J connectivity index is 1.22. The Morgan fingerprint density at radius 2 is 1.48 bits per heavy atom. The van der Waals surface area contributed by atoms with E-state index in [4.69, 9.17) is 32.7 Å². The van der Waals surface area contributed by atoms with Crippen LogP contribution >= 0.6 is 55.1 Å². The Morgan fingerprint density at radius 1 is 0.905 bits per heavy atom. The molecule has 8 nitrogen and oxygen atoms in total. The van der Waals surface area contributed by atoms with Crippen LogP contribution in [0.25, 0.3) is 0 Å². The number of ether oxygens (including phenoxy) is 2. The molecule has 0 aromatic heterocycles. The molecule has 1 saturated heterocycles. The highest BCUT2D eigenvalue weighted by Crippen LogP contribution is 2.60. The van der Waals surface area contributed by atoms with Crippen molar-refractivity contribution in [2.75, 3.05) is 6.61 Å². The molecular formula is C30H27Br2Cl2NO7. The average Bonchev–Trinajstić information content (AvgIpc) is 3.56. The largest absolute Gasteiger partial charge is 0.456 e. The van der Waals surface area contributed by atoms with E-state index in [2.05, 4.69) is 31.9 Å². The number of rotatable bonds is 9. The predicted molar refractivity (Wildman–Crippen MR) is 162 cm³/mol. The maximum absolute atomic E-state index is 13.5. The number of fused-ring (bicyclic) bond motifs is 5. The summed E-state index contributed by atoms with van der Waals surface area (Å²) in [5.74, 6) is -3.27. The van der Waals surface area contributed by atoms with E-state index in [9.17, 15) is 24.0 Å². The summed E-state index contributed by atoms with van der Waals surface area (Å²) in [5, 5.41) is 0.520. The van der Waals surface area contributed by atoms with Crippen LogP contribution in [0.1, 0.15) is 47.4 Å². The van der Waals surface area contributed by atoms with Crippen LogP contribution in [0, 0.1) is 29.6 Å². The summed E-state index contributed by atoms with van der Waals surface area (Å²) in [5.41, 5.74) is 0.432. The number of alkyl halides is 2. The molecule has 7 atom stereocenters. The molecule has 222 valence electrons. The number of esters is 2. The second kappa shape index (κ2) is 12.4. The summed E-state index contributed by atoms with van der Waals surface area (Å²) in [6.07, 6.45) is 1.02. The number of carbonyl (C=O) groups is 5. The molecule has 42 heavy (non-hydrogen) atoms. The standard InChI is InChI=1S/C30H27Br2Cl2NO7/c1-13(2)9-21(35-27(37)23-17-11-18(24(23)28(35)38)26(32)25(17)31)30(40)41-12-22(36)14-3-6-16(7-4-14)42-29(39)15-5-8-19(33)20(34)10-15/h3-8,10,13,17-18,21,23-26H,9,11-12H2,1-2H3. The first-order chi connectivity index (χ1) is 19.9. The molecule has 3 aliphatic rings.